The Labute approximate surface area is 221 Å². The lowest BCUT2D eigenvalue weighted by molar-refractivity contribution is 0.185. The lowest BCUT2D eigenvalue weighted by atomic mass is 10.1. The molecule has 5 aromatic rings. The predicted molar refractivity (Wildman–Crippen MR) is 143 cm³/mol. The van der Waals surface area contributed by atoms with E-state index in [0.717, 1.165) is 21.8 Å². The third-order valence-electron chi connectivity index (χ3n) is 5.24. The minimum absolute atomic E-state index is 0.453. The Kier molecular flexibility index (Phi) is 7.21. The molecule has 11 nitrogen and oxygen atoms in total. The van der Waals surface area contributed by atoms with Crippen molar-refractivity contribution >= 4 is 45.9 Å². The zero-order valence-corrected chi connectivity index (χ0v) is 21.7. The molecule has 0 aliphatic rings. The summed E-state index contributed by atoms with van der Waals surface area (Å²) in [4.78, 5) is 14.8. The zero-order valence-electron chi connectivity index (χ0n) is 20.1. The molecular weight excluding hydrogens is 514 g/mol. The van der Waals surface area contributed by atoms with Crippen LogP contribution in [-0.2, 0) is 18.4 Å². The topological polar surface area (TPSA) is 125 Å². The number of pyridine rings is 2. The number of aryl methyl sites for hydroxylation is 1. The minimum atomic E-state index is 0.453. The van der Waals surface area contributed by atoms with Crippen LogP contribution in [0, 0.1) is 0 Å². The van der Waals surface area contributed by atoms with Crippen molar-refractivity contribution in [3.63, 3.8) is 0 Å². The predicted octanol–water partition coefficient (Wildman–Crippen LogP) is 5.09. The number of halogens is 1. The van der Waals surface area contributed by atoms with Crippen molar-refractivity contribution in [2.24, 2.45) is 7.05 Å². The van der Waals surface area contributed by atoms with Crippen molar-refractivity contribution in [3.8, 4) is 27.7 Å². The maximum Gasteiger partial charge on any atom is 0.208 e. The number of nitrogens with one attached hydrogen (secondary N) is 2. The number of thiazole rings is 1. The first-order valence-electron chi connectivity index (χ1n) is 11.0. The van der Waals surface area contributed by atoms with E-state index in [1.54, 1.807) is 39.9 Å². The number of ether oxygens (including phenoxy) is 2. The van der Waals surface area contributed by atoms with Crippen LogP contribution in [0.2, 0.25) is 4.34 Å². The lowest BCUT2D eigenvalue weighted by Crippen LogP contribution is -2.02. The van der Waals surface area contributed by atoms with Crippen LogP contribution in [0.5, 0.6) is 5.75 Å². The van der Waals surface area contributed by atoms with Crippen molar-refractivity contribution < 1.29 is 9.47 Å². The van der Waals surface area contributed by atoms with Gasteiger partial charge in [0.2, 0.25) is 5.82 Å². The van der Waals surface area contributed by atoms with E-state index in [1.165, 1.54) is 16.1 Å². The van der Waals surface area contributed by atoms with Crippen LogP contribution in [0.3, 0.4) is 0 Å². The van der Waals surface area contributed by atoms with Gasteiger partial charge in [0, 0.05) is 25.6 Å². The Balaban J connectivity index is 1.54. The Morgan fingerprint density at radius 2 is 1.84 bits per heavy atom. The fourth-order valence-corrected chi connectivity index (χ4v) is 4.61. The van der Waals surface area contributed by atoms with Crippen molar-refractivity contribution in [2.45, 2.75) is 6.61 Å². The van der Waals surface area contributed by atoms with Crippen molar-refractivity contribution in [2.75, 3.05) is 24.9 Å². The van der Waals surface area contributed by atoms with Gasteiger partial charge in [-0.3, -0.25) is 0 Å². The summed E-state index contributed by atoms with van der Waals surface area (Å²) in [5, 5.41) is 19.8. The SMILES string of the molecule is COCc1ccnc(Nc2cc(Nc3cccc(-c4nnn(C)n4)c3OC)c(-c3ncc(Cl)s3)cn2)c1. The van der Waals surface area contributed by atoms with E-state index in [-0.39, 0.29) is 0 Å². The Bertz CT molecular complexity index is 1540. The number of nitrogens with zero attached hydrogens (tertiary/aromatic N) is 7. The Morgan fingerprint density at radius 3 is 2.57 bits per heavy atom. The molecule has 2 N–H and O–H groups in total. The smallest absolute Gasteiger partial charge is 0.208 e. The van der Waals surface area contributed by atoms with Crippen LogP contribution in [0.1, 0.15) is 5.56 Å². The van der Waals surface area contributed by atoms with E-state index in [2.05, 4.69) is 41.0 Å². The number of tetrazole rings is 1. The van der Waals surface area contributed by atoms with Gasteiger partial charge in [0.1, 0.15) is 21.0 Å². The second kappa shape index (κ2) is 10.9. The summed E-state index contributed by atoms with van der Waals surface area (Å²) in [7, 11) is 4.96. The molecule has 4 heterocycles. The van der Waals surface area contributed by atoms with Gasteiger partial charge in [-0.2, -0.15) is 4.80 Å². The van der Waals surface area contributed by atoms with Gasteiger partial charge >= 0.3 is 0 Å². The summed E-state index contributed by atoms with van der Waals surface area (Å²) in [5.74, 6) is 2.25. The largest absolute Gasteiger partial charge is 0.494 e. The third kappa shape index (κ3) is 5.50. The molecule has 13 heteroatoms. The zero-order chi connectivity index (χ0) is 25.8. The Hall–Kier alpha value is -4.13. The van der Waals surface area contributed by atoms with Gasteiger partial charge in [-0.1, -0.05) is 17.7 Å². The molecule has 1 aromatic carbocycles. The lowest BCUT2D eigenvalue weighted by Gasteiger charge is -2.16. The number of para-hydroxylation sites is 1. The van der Waals surface area contributed by atoms with Crippen LogP contribution in [-0.4, -0.2) is 49.4 Å². The molecule has 4 aromatic heterocycles. The highest BCUT2D eigenvalue weighted by Crippen LogP contribution is 2.40. The summed E-state index contributed by atoms with van der Waals surface area (Å²) in [5.41, 5.74) is 3.90. The maximum atomic E-state index is 6.18. The number of rotatable bonds is 9. The molecule has 5 rings (SSSR count). The van der Waals surface area contributed by atoms with Crippen LogP contribution in [0.4, 0.5) is 23.0 Å². The van der Waals surface area contributed by atoms with Crippen LogP contribution >= 0.6 is 22.9 Å². The third-order valence-corrected chi connectivity index (χ3v) is 6.39. The van der Waals surface area contributed by atoms with E-state index in [1.807, 2.05) is 36.4 Å². The molecule has 0 amide bonds. The summed E-state index contributed by atoms with van der Waals surface area (Å²) in [6, 6.07) is 11.4. The van der Waals surface area contributed by atoms with Crippen LogP contribution < -0.4 is 15.4 Å². The molecule has 37 heavy (non-hydrogen) atoms. The quantitative estimate of drug-likeness (QED) is 0.264. The molecule has 0 fully saturated rings. The number of benzene rings is 1. The molecule has 0 unspecified atom stereocenters. The highest BCUT2D eigenvalue weighted by Gasteiger charge is 2.18. The summed E-state index contributed by atoms with van der Waals surface area (Å²) in [6.45, 7) is 0.484. The molecule has 0 bridgehead atoms. The number of hydrogen-bond donors (Lipinski definition) is 2. The molecule has 0 saturated heterocycles. The van der Waals surface area contributed by atoms with Gasteiger partial charge in [-0.05, 0) is 35.0 Å². The number of anilines is 4. The van der Waals surface area contributed by atoms with E-state index in [9.17, 15) is 0 Å². The molecule has 0 aliphatic heterocycles. The van der Waals surface area contributed by atoms with Gasteiger partial charge < -0.3 is 20.1 Å². The highest BCUT2D eigenvalue weighted by molar-refractivity contribution is 7.18. The molecule has 0 aliphatic carbocycles. The molecule has 0 atom stereocenters. The van der Waals surface area contributed by atoms with Crippen molar-refractivity contribution in [3.05, 3.63) is 64.9 Å². The van der Waals surface area contributed by atoms with Gasteiger partial charge in [0.05, 0.1) is 49.5 Å². The van der Waals surface area contributed by atoms with Crippen LogP contribution in [0.15, 0.2) is 55.0 Å². The van der Waals surface area contributed by atoms with Gasteiger partial charge in [0.15, 0.2) is 5.75 Å². The fraction of sp³-hybridized carbons (Fsp3) is 0.167. The second-order valence-electron chi connectivity index (χ2n) is 7.81. The summed E-state index contributed by atoms with van der Waals surface area (Å²) < 4.78 is 11.6. The number of aromatic nitrogens is 7. The van der Waals surface area contributed by atoms with Crippen LogP contribution in [0.25, 0.3) is 22.0 Å². The number of methoxy groups -OCH3 is 2. The summed E-state index contributed by atoms with van der Waals surface area (Å²) in [6.07, 6.45) is 5.07. The normalized spacial score (nSPS) is 10.9. The van der Waals surface area contributed by atoms with Gasteiger partial charge in [-0.25, -0.2) is 15.0 Å². The summed E-state index contributed by atoms with van der Waals surface area (Å²) >= 11 is 7.54. The highest BCUT2D eigenvalue weighted by atomic mass is 35.5. The average molecular weight is 536 g/mol. The first-order valence-corrected chi connectivity index (χ1v) is 12.2. The van der Waals surface area contributed by atoms with Crippen molar-refractivity contribution in [1.29, 1.82) is 0 Å². The van der Waals surface area contributed by atoms with Gasteiger partial charge in [0.25, 0.3) is 0 Å². The maximum absolute atomic E-state index is 6.18. The van der Waals surface area contributed by atoms with E-state index in [4.69, 9.17) is 21.1 Å². The molecule has 0 spiro atoms. The first kappa shape index (κ1) is 24.6. The monoisotopic (exact) mass is 535 g/mol. The van der Waals surface area contributed by atoms with Gasteiger partial charge in [-0.15, -0.1) is 21.5 Å². The molecular formula is C24H22ClN9O2S. The minimum Gasteiger partial charge on any atom is -0.494 e. The van der Waals surface area contributed by atoms with E-state index >= 15 is 0 Å². The Morgan fingerprint density at radius 1 is 0.973 bits per heavy atom. The second-order valence-corrected chi connectivity index (χ2v) is 9.47. The standard InChI is InChI=1S/C24H22ClN9O2S/c1-34-32-23(31-33-34)15-5-4-6-17(22(15)36-3)29-18-10-21(27-11-16(18)24-28-12-19(25)37-24)30-20-9-14(13-35-2)7-8-26-20/h4-12H,13H2,1-3H3,(H2,26,27,29,30). The van der Waals surface area contributed by atoms with E-state index < -0.39 is 0 Å². The first-order chi connectivity index (χ1) is 18.0. The van der Waals surface area contributed by atoms with Crippen molar-refractivity contribution in [1.82, 2.24) is 35.2 Å². The average Bonchev–Trinajstić information content (AvgIpc) is 3.52. The number of hydrogen-bond acceptors (Lipinski definition) is 11. The fourth-order valence-electron chi connectivity index (χ4n) is 3.68. The molecule has 188 valence electrons. The molecule has 0 radical (unpaired) electrons. The molecule has 0 saturated carbocycles. The van der Waals surface area contributed by atoms with E-state index in [0.29, 0.717) is 45.4 Å².